The zero-order valence-electron chi connectivity index (χ0n) is 14.7. The fourth-order valence-corrected chi connectivity index (χ4v) is 4.07. The van der Waals surface area contributed by atoms with Gasteiger partial charge in [0.25, 0.3) is 5.56 Å². The first-order valence-corrected chi connectivity index (χ1v) is 9.60. The smallest absolute Gasteiger partial charge is 0.270 e. The molecule has 0 atom stereocenters. The molecule has 6 nitrogen and oxygen atoms in total. The van der Waals surface area contributed by atoms with E-state index in [0.717, 1.165) is 25.1 Å². The molecule has 138 valence electrons. The Morgan fingerprint density at radius 3 is 2.89 bits per heavy atom. The Labute approximate surface area is 160 Å². The Morgan fingerprint density at radius 2 is 2.11 bits per heavy atom. The minimum Gasteiger partial charge on any atom is -0.487 e. The summed E-state index contributed by atoms with van der Waals surface area (Å²) in [5.74, 6) is 0.298. The largest absolute Gasteiger partial charge is 0.487 e. The Bertz CT molecular complexity index is 987. The maximum atomic E-state index is 12.5. The van der Waals surface area contributed by atoms with Crippen LogP contribution in [0.1, 0.15) is 25.7 Å². The van der Waals surface area contributed by atoms with E-state index in [0.29, 0.717) is 17.2 Å². The number of ether oxygens (including phenoxy) is 1. The molecule has 1 N–H and O–H groups in total. The van der Waals surface area contributed by atoms with E-state index in [1.54, 1.807) is 0 Å². The van der Waals surface area contributed by atoms with E-state index >= 15 is 0 Å². The number of hydrogen-bond acceptors (Lipinski definition) is 6. The van der Waals surface area contributed by atoms with Crippen molar-refractivity contribution >= 4 is 17.1 Å². The molecule has 0 aliphatic carbocycles. The fourth-order valence-electron chi connectivity index (χ4n) is 2.96. The molecule has 0 saturated heterocycles. The number of nitrogens with one attached hydrogen (secondary N) is 1. The monoisotopic (exact) mass is 381 g/mol. The minimum atomic E-state index is -0.350. The van der Waals surface area contributed by atoms with Gasteiger partial charge >= 0.3 is 0 Å². The SMILES string of the molecule is O=C(Cn1ncc(OCc2ccccc2)cc1=O)c1cc2c(s1)CCNC2. The lowest BCUT2D eigenvalue weighted by Crippen LogP contribution is -2.25. The van der Waals surface area contributed by atoms with E-state index in [-0.39, 0.29) is 17.9 Å². The molecule has 27 heavy (non-hydrogen) atoms. The predicted molar refractivity (Wildman–Crippen MR) is 103 cm³/mol. The number of Topliss-reactive ketones (excluding diaryl/α,β-unsaturated/α-hetero) is 1. The third-order valence-corrected chi connectivity index (χ3v) is 5.68. The van der Waals surface area contributed by atoms with Gasteiger partial charge in [-0.1, -0.05) is 30.3 Å². The highest BCUT2D eigenvalue weighted by molar-refractivity contribution is 7.14. The average molecular weight is 381 g/mol. The summed E-state index contributed by atoms with van der Waals surface area (Å²) in [7, 11) is 0. The van der Waals surface area contributed by atoms with Crippen molar-refractivity contribution in [3.63, 3.8) is 0 Å². The van der Waals surface area contributed by atoms with E-state index in [1.807, 2.05) is 36.4 Å². The van der Waals surface area contributed by atoms with Crippen LogP contribution in [0.2, 0.25) is 0 Å². The zero-order chi connectivity index (χ0) is 18.6. The molecule has 1 aromatic carbocycles. The van der Waals surface area contributed by atoms with Gasteiger partial charge in [0.05, 0.1) is 11.1 Å². The molecule has 1 aliphatic heterocycles. The molecule has 2 aromatic heterocycles. The molecule has 0 saturated carbocycles. The van der Waals surface area contributed by atoms with Gasteiger partial charge in [0.15, 0.2) is 5.78 Å². The number of carbonyl (C=O) groups is 1. The highest BCUT2D eigenvalue weighted by Gasteiger charge is 2.18. The van der Waals surface area contributed by atoms with Crippen molar-refractivity contribution in [1.29, 1.82) is 0 Å². The third kappa shape index (κ3) is 4.15. The molecule has 3 aromatic rings. The average Bonchev–Trinajstić information content (AvgIpc) is 3.13. The predicted octanol–water partition coefficient (Wildman–Crippen LogP) is 2.41. The van der Waals surface area contributed by atoms with Gasteiger partial charge in [-0.2, -0.15) is 5.10 Å². The number of carbonyl (C=O) groups excluding carboxylic acids is 1. The van der Waals surface area contributed by atoms with E-state index < -0.39 is 0 Å². The number of hydrogen-bond donors (Lipinski definition) is 1. The molecule has 0 radical (unpaired) electrons. The Balaban J connectivity index is 1.42. The van der Waals surface area contributed by atoms with Gasteiger partial charge in [-0.3, -0.25) is 9.59 Å². The van der Waals surface area contributed by atoms with Crippen LogP contribution in [-0.4, -0.2) is 22.1 Å². The van der Waals surface area contributed by atoms with Gasteiger partial charge in [-0.05, 0) is 23.6 Å². The number of nitrogens with zero attached hydrogens (tertiary/aromatic N) is 2. The quantitative estimate of drug-likeness (QED) is 0.664. The topological polar surface area (TPSA) is 73.2 Å². The number of aromatic nitrogens is 2. The lowest BCUT2D eigenvalue weighted by molar-refractivity contribution is 0.0969. The van der Waals surface area contributed by atoms with Crippen LogP contribution in [-0.2, 0) is 26.1 Å². The van der Waals surface area contributed by atoms with Crippen molar-refractivity contribution in [2.24, 2.45) is 0 Å². The fraction of sp³-hybridized carbons (Fsp3) is 0.250. The summed E-state index contributed by atoms with van der Waals surface area (Å²) in [5.41, 5.74) is 1.84. The minimum absolute atomic E-state index is 0.0649. The number of benzene rings is 1. The molecule has 3 heterocycles. The van der Waals surface area contributed by atoms with Crippen molar-refractivity contribution < 1.29 is 9.53 Å². The van der Waals surface area contributed by atoms with Gasteiger partial charge in [-0.15, -0.1) is 11.3 Å². The summed E-state index contributed by atoms with van der Waals surface area (Å²) in [6.45, 7) is 2.03. The normalized spacial score (nSPS) is 13.2. The Kier molecular flexibility index (Phi) is 5.13. The van der Waals surface area contributed by atoms with Crippen LogP contribution in [0.15, 0.2) is 53.5 Å². The zero-order valence-corrected chi connectivity index (χ0v) is 15.5. The lowest BCUT2D eigenvalue weighted by atomic mass is 10.1. The van der Waals surface area contributed by atoms with Crippen LogP contribution in [0.3, 0.4) is 0 Å². The maximum absolute atomic E-state index is 12.5. The molecular formula is C20H19N3O3S. The van der Waals surface area contributed by atoms with E-state index in [1.165, 1.54) is 38.7 Å². The number of rotatable bonds is 6. The van der Waals surface area contributed by atoms with Crippen LogP contribution in [0.25, 0.3) is 0 Å². The van der Waals surface area contributed by atoms with Crippen molar-refractivity contribution in [2.75, 3.05) is 6.54 Å². The highest BCUT2D eigenvalue weighted by atomic mass is 32.1. The summed E-state index contributed by atoms with van der Waals surface area (Å²) < 4.78 is 6.78. The van der Waals surface area contributed by atoms with Crippen LogP contribution < -0.4 is 15.6 Å². The second kappa shape index (κ2) is 7.85. The van der Waals surface area contributed by atoms with Crippen molar-refractivity contribution in [2.45, 2.75) is 26.1 Å². The first kappa shape index (κ1) is 17.6. The van der Waals surface area contributed by atoms with E-state index in [4.69, 9.17) is 4.74 Å². The molecule has 1 aliphatic rings. The van der Waals surface area contributed by atoms with Gasteiger partial charge in [0.1, 0.15) is 18.9 Å². The molecule has 0 fully saturated rings. The van der Waals surface area contributed by atoms with E-state index in [9.17, 15) is 9.59 Å². The highest BCUT2D eigenvalue weighted by Crippen LogP contribution is 2.25. The summed E-state index contributed by atoms with van der Waals surface area (Å²) in [4.78, 5) is 26.7. The molecule has 0 unspecified atom stereocenters. The summed E-state index contributed by atoms with van der Waals surface area (Å²) in [6.07, 6.45) is 2.42. The van der Waals surface area contributed by atoms with Crippen molar-refractivity contribution in [3.8, 4) is 5.75 Å². The standard InChI is InChI=1S/C20H19N3O3S/c24-17(19-8-15-10-21-7-6-18(15)27-19)12-23-20(25)9-16(11-22-23)26-13-14-4-2-1-3-5-14/h1-5,8-9,11,21H,6-7,10,12-13H2. The van der Waals surface area contributed by atoms with Crippen LogP contribution in [0.4, 0.5) is 0 Å². The first-order valence-electron chi connectivity index (χ1n) is 8.78. The van der Waals surface area contributed by atoms with Crippen LogP contribution >= 0.6 is 11.3 Å². The number of thiophene rings is 1. The van der Waals surface area contributed by atoms with Gasteiger partial charge in [0.2, 0.25) is 0 Å². The van der Waals surface area contributed by atoms with Crippen LogP contribution in [0, 0.1) is 0 Å². The van der Waals surface area contributed by atoms with Gasteiger partial charge in [0, 0.05) is 24.0 Å². The van der Waals surface area contributed by atoms with Crippen molar-refractivity contribution in [3.05, 3.63) is 79.9 Å². The second-order valence-electron chi connectivity index (χ2n) is 6.37. The second-order valence-corrected chi connectivity index (χ2v) is 7.51. The van der Waals surface area contributed by atoms with Crippen molar-refractivity contribution in [1.82, 2.24) is 15.1 Å². The first-order chi connectivity index (χ1) is 13.2. The molecule has 4 rings (SSSR count). The molecule has 0 bridgehead atoms. The summed E-state index contributed by atoms with van der Waals surface area (Å²) in [5, 5.41) is 7.38. The Hall–Kier alpha value is -2.77. The van der Waals surface area contributed by atoms with Gasteiger partial charge in [-0.25, -0.2) is 4.68 Å². The summed E-state index contributed by atoms with van der Waals surface area (Å²) in [6, 6.07) is 13.0. The van der Waals surface area contributed by atoms with Crippen LogP contribution in [0.5, 0.6) is 5.75 Å². The third-order valence-electron chi connectivity index (χ3n) is 4.40. The van der Waals surface area contributed by atoms with Gasteiger partial charge < -0.3 is 10.1 Å². The number of ketones is 1. The van der Waals surface area contributed by atoms with E-state index in [2.05, 4.69) is 10.4 Å². The molecular weight excluding hydrogens is 362 g/mol. The number of fused-ring (bicyclic) bond motifs is 1. The summed E-state index contributed by atoms with van der Waals surface area (Å²) >= 11 is 1.52. The maximum Gasteiger partial charge on any atom is 0.270 e. The molecule has 7 heteroatoms. The Morgan fingerprint density at radius 1 is 1.26 bits per heavy atom. The lowest BCUT2D eigenvalue weighted by Gasteiger charge is -2.10. The molecule has 0 amide bonds. The molecule has 0 spiro atoms.